The van der Waals surface area contributed by atoms with E-state index in [1.807, 2.05) is 53.8 Å². The Labute approximate surface area is 196 Å². The van der Waals surface area contributed by atoms with Crippen LogP contribution < -0.4 is 5.32 Å². The molecule has 0 aliphatic carbocycles. The molecule has 0 bridgehead atoms. The van der Waals surface area contributed by atoms with Crippen LogP contribution in [0.15, 0.2) is 59.6 Å². The Morgan fingerprint density at radius 1 is 1.09 bits per heavy atom. The molecule has 2 amide bonds. The number of nitrogens with one attached hydrogen (secondary N) is 1. The first kappa shape index (κ1) is 22.7. The number of morpholine rings is 1. The Hall–Kier alpha value is -2.48. The highest BCUT2D eigenvalue weighted by Crippen LogP contribution is 2.30. The predicted molar refractivity (Wildman–Crippen MR) is 129 cm³/mol. The summed E-state index contributed by atoms with van der Waals surface area (Å²) in [6.45, 7) is 5.46. The third kappa shape index (κ3) is 5.46. The molecule has 1 saturated heterocycles. The van der Waals surface area contributed by atoms with Crippen molar-refractivity contribution < 1.29 is 14.3 Å². The fraction of sp³-hybridized carbons (Fsp3) is 0.333. The van der Waals surface area contributed by atoms with E-state index >= 15 is 0 Å². The van der Waals surface area contributed by atoms with E-state index in [2.05, 4.69) is 5.32 Å². The van der Waals surface area contributed by atoms with Gasteiger partial charge < -0.3 is 19.5 Å². The molecule has 0 saturated carbocycles. The minimum absolute atomic E-state index is 0.0365. The van der Waals surface area contributed by atoms with E-state index in [0.717, 1.165) is 15.8 Å². The first-order chi connectivity index (χ1) is 15.4. The van der Waals surface area contributed by atoms with Crippen LogP contribution in [0.3, 0.4) is 0 Å². The fourth-order valence-corrected chi connectivity index (χ4v) is 4.97. The summed E-state index contributed by atoms with van der Waals surface area (Å²) in [5, 5.41) is 4.54. The van der Waals surface area contributed by atoms with Gasteiger partial charge in [-0.3, -0.25) is 9.59 Å². The molecule has 3 aromatic rings. The number of benzene rings is 2. The van der Waals surface area contributed by atoms with Gasteiger partial charge in [0, 0.05) is 45.8 Å². The molecule has 2 heterocycles. The van der Waals surface area contributed by atoms with Crippen molar-refractivity contribution in [3.8, 4) is 0 Å². The minimum atomic E-state index is -0.0958. The third-order valence-corrected chi connectivity index (χ3v) is 6.61. The van der Waals surface area contributed by atoms with E-state index in [1.54, 1.807) is 24.3 Å². The number of hydrogen-bond acceptors (Lipinski definition) is 4. The number of nitrogens with zero attached hydrogens (tertiary/aromatic N) is 2. The molecule has 1 aliphatic rings. The van der Waals surface area contributed by atoms with Crippen molar-refractivity contribution in [1.82, 2.24) is 9.47 Å². The van der Waals surface area contributed by atoms with Crippen LogP contribution in [0.5, 0.6) is 0 Å². The first-order valence-corrected chi connectivity index (χ1v) is 11.9. The van der Waals surface area contributed by atoms with Crippen LogP contribution in [0.2, 0.25) is 5.02 Å². The van der Waals surface area contributed by atoms with E-state index in [4.69, 9.17) is 16.3 Å². The predicted octanol–water partition coefficient (Wildman–Crippen LogP) is 4.66. The van der Waals surface area contributed by atoms with E-state index in [0.29, 0.717) is 23.8 Å². The van der Waals surface area contributed by atoms with E-state index < -0.39 is 0 Å². The molecule has 1 N–H and O–H groups in total. The molecule has 2 aromatic carbocycles. The van der Waals surface area contributed by atoms with E-state index in [9.17, 15) is 9.59 Å². The van der Waals surface area contributed by atoms with Crippen LogP contribution in [0.4, 0.5) is 5.69 Å². The summed E-state index contributed by atoms with van der Waals surface area (Å²) in [6, 6.07) is 15.0. The maximum absolute atomic E-state index is 13.0. The number of carbonyl (C=O) groups excluding carboxylic acids is 2. The number of ether oxygens (including phenoxy) is 1. The first-order valence-electron chi connectivity index (χ1n) is 10.6. The summed E-state index contributed by atoms with van der Waals surface area (Å²) in [5.41, 5.74) is 1.69. The zero-order valence-electron chi connectivity index (χ0n) is 18.1. The van der Waals surface area contributed by atoms with Gasteiger partial charge in [0.2, 0.25) is 11.8 Å². The number of halogens is 1. The average Bonchev–Trinajstić information content (AvgIpc) is 3.11. The Balaban J connectivity index is 1.44. The summed E-state index contributed by atoms with van der Waals surface area (Å²) in [6.07, 6.45) is 2.04. The highest BCUT2D eigenvalue weighted by molar-refractivity contribution is 8.00. The Morgan fingerprint density at radius 3 is 2.50 bits per heavy atom. The number of rotatable bonds is 6. The topological polar surface area (TPSA) is 63.6 Å². The van der Waals surface area contributed by atoms with Crippen LogP contribution >= 0.6 is 23.4 Å². The standard InChI is InChI=1S/C24H26ClN3O3S/c1-16-11-28(12-17(2)31-16)24(30)14-27-13-22(20-5-3-4-6-21(20)27)32-15-23(29)26-19-9-7-18(25)8-10-19/h3-10,13,16-17H,11-12,14-15H2,1-2H3,(H,26,29)/t16-,17+. The molecule has 0 radical (unpaired) electrons. The van der Waals surface area contributed by atoms with Gasteiger partial charge in [-0.2, -0.15) is 0 Å². The molecule has 6 nitrogen and oxygen atoms in total. The van der Waals surface area contributed by atoms with Gasteiger partial charge >= 0.3 is 0 Å². The molecule has 1 aliphatic heterocycles. The smallest absolute Gasteiger partial charge is 0.242 e. The number of hydrogen-bond donors (Lipinski definition) is 1. The molecule has 168 valence electrons. The van der Waals surface area contributed by atoms with Crippen molar-refractivity contribution in [3.05, 3.63) is 59.8 Å². The molecule has 1 fully saturated rings. The molecule has 0 spiro atoms. The number of para-hydroxylation sites is 1. The van der Waals surface area contributed by atoms with Gasteiger partial charge in [0.1, 0.15) is 6.54 Å². The minimum Gasteiger partial charge on any atom is -0.372 e. The molecule has 32 heavy (non-hydrogen) atoms. The molecule has 8 heteroatoms. The van der Waals surface area contributed by atoms with Gasteiger partial charge in [0.25, 0.3) is 0 Å². The van der Waals surface area contributed by atoms with Gasteiger partial charge in [-0.05, 0) is 44.2 Å². The van der Waals surface area contributed by atoms with Crippen LogP contribution in [0, 0.1) is 0 Å². The summed E-state index contributed by atoms with van der Waals surface area (Å²) in [4.78, 5) is 28.2. The van der Waals surface area contributed by atoms with Gasteiger partial charge in [0.15, 0.2) is 0 Å². The lowest BCUT2D eigenvalue weighted by Crippen LogP contribution is -2.49. The van der Waals surface area contributed by atoms with Gasteiger partial charge in [-0.1, -0.05) is 29.8 Å². The molecule has 4 rings (SSSR count). The molecule has 0 unspecified atom stereocenters. The second kappa shape index (κ2) is 9.98. The van der Waals surface area contributed by atoms with Crippen molar-refractivity contribution in [2.75, 3.05) is 24.2 Å². The number of aromatic nitrogens is 1. The number of fused-ring (bicyclic) bond motifs is 1. The number of thioether (sulfide) groups is 1. The van der Waals surface area contributed by atoms with Crippen LogP contribution in [-0.4, -0.2) is 52.3 Å². The van der Waals surface area contributed by atoms with Crippen LogP contribution in [0.1, 0.15) is 13.8 Å². The lowest BCUT2D eigenvalue weighted by atomic mass is 10.2. The van der Waals surface area contributed by atoms with Crippen molar-refractivity contribution in [2.45, 2.75) is 37.5 Å². The highest BCUT2D eigenvalue weighted by atomic mass is 35.5. The second-order valence-electron chi connectivity index (χ2n) is 8.04. The fourth-order valence-electron chi connectivity index (χ4n) is 3.96. The van der Waals surface area contributed by atoms with Crippen molar-refractivity contribution in [3.63, 3.8) is 0 Å². The molecular formula is C24H26ClN3O3S. The van der Waals surface area contributed by atoms with Crippen LogP contribution in [0.25, 0.3) is 10.9 Å². The lowest BCUT2D eigenvalue weighted by Gasteiger charge is -2.35. The van der Waals surface area contributed by atoms with Crippen LogP contribution in [-0.2, 0) is 20.9 Å². The summed E-state index contributed by atoms with van der Waals surface area (Å²) < 4.78 is 7.72. The maximum Gasteiger partial charge on any atom is 0.242 e. The maximum atomic E-state index is 13.0. The summed E-state index contributed by atoms with van der Waals surface area (Å²) >= 11 is 7.36. The Kier molecular flexibility index (Phi) is 7.08. The van der Waals surface area contributed by atoms with Gasteiger partial charge in [-0.25, -0.2) is 0 Å². The monoisotopic (exact) mass is 471 g/mol. The van der Waals surface area contributed by atoms with Crippen molar-refractivity contribution in [2.24, 2.45) is 0 Å². The number of carbonyl (C=O) groups is 2. The van der Waals surface area contributed by atoms with Gasteiger partial charge in [-0.15, -0.1) is 11.8 Å². The van der Waals surface area contributed by atoms with E-state index in [-0.39, 0.29) is 36.3 Å². The molecular weight excluding hydrogens is 446 g/mol. The zero-order valence-corrected chi connectivity index (χ0v) is 19.7. The zero-order chi connectivity index (χ0) is 22.7. The lowest BCUT2D eigenvalue weighted by molar-refractivity contribution is -0.143. The summed E-state index contributed by atoms with van der Waals surface area (Å²) in [5.74, 6) is 0.245. The average molecular weight is 472 g/mol. The Morgan fingerprint density at radius 2 is 1.78 bits per heavy atom. The SMILES string of the molecule is C[C@@H]1CN(C(=O)Cn2cc(SCC(=O)Nc3ccc(Cl)cc3)c3ccccc32)C[C@H](C)O1. The normalized spacial score (nSPS) is 18.7. The third-order valence-electron chi connectivity index (χ3n) is 5.32. The van der Waals surface area contributed by atoms with E-state index in [1.165, 1.54) is 11.8 Å². The number of amides is 2. The summed E-state index contributed by atoms with van der Waals surface area (Å²) in [7, 11) is 0. The molecule has 2 atom stereocenters. The van der Waals surface area contributed by atoms with Crippen molar-refractivity contribution in [1.29, 1.82) is 0 Å². The largest absolute Gasteiger partial charge is 0.372 e. The highest BCUT2D eigenvalue weighted by Gasteiger charge is 2.26. The van der Waals surface area contributed by atoms with Gasteiger partial charge in [0.05, 0.1) is 18.0 Å². The second-order valence-corrected chi connectivity index (χ2v) is 9.49. The molecule has 1 aromatic heterocycles. The van der Waals surface area contributed by atoms with Crippen molar-refractivity contribution >= 4 is 51.8 Å². The Bertz CT molecular complexity index is 1110. The number of anilines is 1. The quantitative estimate of drug-likeness (QED) is 0.531.